The van der Waals surface area contributed by atoms with E-state index in [-0.39, 0.29) is 0 Å². The Hall–Kier alpha value is -6.25. The van der Waals surface area contributed by atoms with Gasteiger partial charge in [0.15, 0.2) is 0 Å². The Bertz CT molecular complexity index is 2640. The lowest BCUT2D eigenvalue weighted by Crippen LogP contribution is -2.35. The molecule has 48 heavy (non-hydrogen) atoms. The second-order valence-corrected chi connectivity index (χ2v) is 12.7. The summed E-state index contributed by atoms with van der Waals surface area (Å²) in [6.45, 7) is 0. The van der Waals surface area contributed by atoms with E-state index in [4.69, 9.17) is 0 Å². The van der Waals surface area contributed by atoms with Gasteiger partial charge in [0.25, 0.3) is 0 Å². The molecule has 1 aliphatic rings. The number of hydrogen-bond donors (Lipinski definition) is 0. The first-order chi connectivity index (χ1) is 23.8. The number of benzene rings is 7. The van der Waals surface area contributed by atoms with E-state index in [1.54, 1.807) is 0 Å². The van der Waals surface area contributed by atoms with E-state index in [9.17, 15) is 0 Å². The number of para-hydroxylation sites is 3. The van der Waals surface area contributed by atoms with Crippen LogP contribution in [0.5, 0.6) is 0 Å². The highest BCUT2D eigenvalue weighted by molar-refractivity contribution is 6.12. The van der Waals surface area contributed by atoms with Gasteiger partial charge in [-0.15, -0.1) is 0 Å². The molecule has 2 nitrogen and oxygen atoms in total. The van der Waals surface area contributed by atoms with Crippen molar-refractivity contribution in [1.82, 2.24) is 9.55 Å². The van der Waals surface area contributed by atoms with Crippen LogP contribution in [0.15, 0.2) is 182 Å². The zero-order chi connectivity index (χ0) is 31.7. The lowest BCUT2D eigenvalue weighted by Gasteiger charge is -2.41. The van der Waals surface area contributed by atoms with E-state index >= 15 is 0 Å². The maximum absolute atomic E-state index is 4.39. The maximum atomic E-state index is 4.39. The number of hydrogen-bond acceptors (Lipinski definition) is 1. The molecule has 0 N–H and O–H groups in total. The molecule has 0 fully saturated rings. The summed E-state index contributed by atoms with van der Waals surface area (Å²) in [5.74, 6) is 0. The van der Waals surface area contributed by atoms with Crippen LogP contribution in [0.2, 0.25) is 0 Å². The van der Waals surface area contributed by atoms with Gasteiger partial charge in [-0.3, -0.25) is 4.98 Å². The molecule has 2 aromatic heterocycles. The first kappa shape index (κ1) is 26.9. The van der Waals surface area contributed by atoms with Crippen LogP contribution >= 0.6 is 0 Å². The summed E-state index contributed by atoms with van der Waals surface area (Å²) in [6, 6.07) is 62.4. The molecule has 0 bridgehead atoms. The zero-order valence-corrected chi connectivity index (χ0v) is 26.2. The molecule has 0 saturated heterocycles. The number of aromatic nitrogens is 2. The molecular weight excluding hydrogens is 581 g/mol. The molecule has 224 valence electrons. The molecular formula is C46H30N2. The van der Waals surface area contributed by atoms with E-state index < -0.39 is 5.41 Å². The van der Waals surface area contributed by atoms with Crippen LogP contribution in [0.25, 0.3) is 60.5 Å². The molecule has 0 radical (unpaired) electrons. The fourth-order valence-corrected chi connectivity index (χ4v) is 8.30. The van der Waals surface area contributed by atoms with Crippen molar-refractivity contribution in [2.75, 3.05) is 0 Å². The Morgan fingerprint density at radius 2 is 1.08 bits per heavy atom. The van der Waals surface area contributed by atoms with Gasteiger partial charge in [-0.1, -0.05) is 152 Å². The van der Waals surface area contributed by atoms with Crippen LogP contribution in [0, 0.1) is 0 Å². The minimum absolute atomic E-state index is 0.494. The number of pyridine rings is 1. The Kier molecular flexibility index (Phi) is 5.82. The highest BCUT2D eigenvalue weighted by Crippen LogP contribution is 2.54. The topological polar surface area (TPSA) is 17.8 Å². The lowest BCUT2D eigenvalue weighted by atomic mass is 9.63. The predicted molar refractivity (Wildman–Crippen MR) is 199 cm³/mol. The average molecular weight is 611 g/mol. The van der Waals surface area contributed by atoms with Crippen molar-refractivity contribution in [3.63, 3.8) is 0 Å². The van der Waals surface area contributed by atoms with Crippen LogP contribution < -0.4 is 0 Å². The Labute approximate surface area is 279 Å². The van der Waals surface area contributed by atoms with Gasteiger partial charge in [-0.2, -0.15) is 0 Å². The molecule has 1 atom stereocenters. The third-order valence-electron chi connectivity index (χ3n) is 10.4. The molecule has 10 rings (SSSR count). The Morgan fingerprint density at radius 1 is 0.438 bits per heavy atom. The standard InChI is InChI=1S/C46H30N2/c1-2-11-35(12-3-1)46(41-16-5-7-19-44(41)48-43-18-6-4-13-38(43)39-15-9-17-42(46)45(39)48)36-26-24-32(25-27-36)31-20-22-34(23-21-31)37-14-8-10-33-28-29-47-30-40(33)37/h1-30H. The number of nitrogens with zero attached hydrogens (tertiary/aromatic N) is 2. The summed E-state index contributed by atoms with van der Waals surface area (Å²) in [6.07, 6.45) is 3.82. The normalized spacial score (nSPS) is 15.2. The van der Waals surface area contributed by atoms with Crippen molar-refractivity contribution in [2.45, 2.75) is 5.41 Å². The van der Waals surface area contributed by atoms with Gasteiger partial charge >= 0.3 is 0 Å². The largest absolute Gasteiger partial charge is 0.309 e. The van der Waals surface area contributed by atoms with E-state index in [0.29, 0.717) is 0 Å². The minimum Gasteiger partial charge on any atom is -0.309 e. The molecule has 2 heteroatoms. The van der Waals surface area contributed by atoms with Crippen LogP contribution in [-0.4, -0.2) is 9.55 Å². The monoisotopic (exact) mass is 610 g/mol. The summed E-state index contributed by atoms with van der Waals surface area (Å²) in [5.41, 5.74) is 13.2. The Balaban J connectivity index is 1.16. The highest BCUT2D eigenvalue weighted by Gasteiger charge is 2.45. The molecule has 0 amide bonds. The summed E-state index contributed by atoms with van der Waals surface area (Å²) < 4.78 is 2.48. The van der Waals surface area contributed by atoms with Crippen LogP contribution in [-0.2, 0) is 5.41 Å². The summed E-state index contributed by atoms with van der Waals surface area (Å²) in [7, 11) is 0. The molecule has 9 aromatic rings. The zero-order valence-electron chi connectivity index (χ0n) is 26.2. The lowest BCUT2D eigenvalue weighted by molar-refractivity contribution is 0.728. The second-order valence-electron chi connectivity index (χ2n) is 12.7. The SMILES string of the molecule is c1ccc(C2(c3ccc(-c4ccc(-c5cccc6ccncc56)cc4)cc3)c3ccccc3-n3c4ccccc4c4cccc2c43)cc1. The fraction of sp³-hybridized carbons (Fsp3) is 0.0217. The van der Waals surface area contributed by atoms with Gasteiger partial charge in [-0.05, 0) is 68.1 Å². The first-order valence-corrected chi connectivity index (χ1v) is 16.5. The van der Waals surface area contributed by atoms with Crippen molar-refractivity contribution in [2.24, 2.45) is 0 Å². The van der Waals surface area contributed by atoms with Gasteiger partial charge in [0, 0.05) is 28.6 Å². The van der Waals surface area contributed by atoms with Gasteiger partial charge in [0.2, 0.25) is 0 Å². The van der Waals surface area contributed by atoms with Crippen LogP contribution in [0.3, 0.4) is 0 Å². The highest BCUT2D eigenvalue weighted by atomic mass is 15.0. The van der Waals surface area contributed by atoms with Gasteiger partial charge < -0.3 is 4.57 Å². The Morgan fingerprint density at radius 3 is 1.94 bits per heavy atom. The summed E-state index contributed by atoms with van der Waals surface area (Å²) in [5, 5.41) is 4.95. The van der Waals surface area contributed by atoms with E-state index in [2.05, 4.69) is 179 Å². The molecule has 7 aromatic carbocycles. The van der Waals surface area contributed by atoms with Crippen LogP contribution in [0.4, 0.5) is 0 Å². The molecule has 1 aliphatic heterocycles. The van der Waals surface area contributed by atoms with Crippen molar-refractivity contribution in [3.05, 3.63) is 205 Å². The smallest absolute Gasteiger partial charge is 0.0742 e. The van der Waals surface area contributed by atoms with Crippen molar-refractivity contribution in [3.8, 4) is 27.9 Å². The van der Waals surface area contributed by atoms with Gasteiger partial charge in [0.1, 0.15) is 0 Å². The maximum Gasteiger partial charge on any atom is 0.0742 e. The van der Waals surface area contributed by atoms with Crippen molar-refractivity contribution >= 4 is 32.6 Å². The minimum atomic E-state index is -0.494. The van der Waals surface area contributed by atoms with Crippen molar-refractivity contribution < 1.29 is 0 Å². The predicted octanol–water partition coefficient (Wildman–Crippen LogP) is 11.4. The third kappa shape index (κ3) is 3.72. The molecule has 1 unspecified atom stereocenters. The van der Waals surface area contributed by atoms with Gasteiger partial charge in [-0.25, -0.2) is 0 Å². The first-order valence-electron chi connectivity index (χ1n) is 16.5. The molecule has 3 heterocycles. The third-order valence-corrected chi connectivity index (χ3v) is 10.4. The van der Waals surface area contributed by atoms with Crippen molar-refractivity contribution in [1.29, 1.82) is 0 Å². The molecule has 0 spiro atoms. The van der Waals surface area contributed by atoms with Crippen LogP contribution in [0.1, 0.15) is 22.3 Å². The van der Waals surface area contributed by atoms with E-state index in [1.165, 1.54) is 82.8 Å². The molecule has 0 aliphatic carbocycles. The fourth-order valence-electron chi connectivity index (χ4n) is 8.30. The summed E-state index contributed by atoms with van der Waals surface area (Å²) in [4.78, 5) is 4.39. The second kappa shape index (κ2) is 10.4. The number of rotatable bonds is 4. The van der Waals surface area contributed by atoms with Gasteiger partial charge in [0.05, 0.1) is 22.1 Å². The summed E-state index contributed by atoms with van der Waals surface area (Å²) >= 11 is 0. The van der Waals surface area contributed by atoms with E-state index in [1.807, 2.05) is 12.4 Å². The van der Waals surface area contributed by atoms with E-state index in [0.717, 1.165) is 0 Å². The quantitative estimate of drug-likeness (QED) is 0.194. The number of fused-ring (bicyclic) bond motifs is 6. The molecule has 0 saturated carbocycles. The average Bonchev–Trinajstić information content (AvgIpc) is 3.51.